The number of ether oxygens (including phenoxy) is 1. The van der Waals surface area contributed by atoms with E-state index < -0.39 is 35.1 Å². The monoisotopic (exact) mass is 425 g/mol. The Morgan fingerprint density at radius 2 is 1.84 bits per heavy atom. The molecule has 0 unspecified atom stereocenters. The maximum Gasteiger partial charge on any atom is 0.246 e. The Hall–Kier alpha value is -2.67. The van der Waals surface area contributed by atoms with Crippen molar-refractivity contribution in [3.05, 3.63) is 48.0 Å². The number of likely N-dealkylation sites (tertiary alicyclic amines) is 1. The van der Waals surface area contributed by atoms with Crippen molar-refractivity contribution in [2.45, 2.75) is 70.5 Å². The van der Waals surface area contributed by atoms with Crippen LogP contribution in [0.15, 0.2) is 42.5 Å². The predicted molar refractivity (Wildman–Crippen MR) is 116 cm³/mol. The van der Waals surface area contributed by atoms with Gasteiger partial charge >= 0.3 is 0 Å². The van der Waals surface area contributed by atoms with Crippen LogP contribution in [0.3, 0.4) is 0 Å². The quantitative estimate of drug-likeness (QED) is 0.704. The highest BCUT2D eigenvalue weighted by atomic mass is 16.5. The molecule has 0 aliphatic carbocycles. The summed E-state index contributed by atoms with van der Waals surface area (Å²) in [6, 6.07) is 8.62. The molecule has 2 bridgehead atoms. The van der Waals surface area contributed by atoms with Gasteiger partial charge in [0.1, 0.15) is 11.6 Å². The van der Waals surface area contributed by atoms with Gasteiger partial charge in [-0.3, -0.25) is 14.4 Å². The number of nitrogens with zero attached hydrogens (tertiary/aromatic N) is 1. The summed E-state index contributed by atoms with van der Waals surface area (Å²) in [6.45, 7) is 9.85. The van der Waals surface area contributed by atoms with Crippen LogP contribution in [0.5, 0.6) is 0 Å². The van der Waals surface area contributed by atoms with E-state index in [1.165, 1.54) is 0 Å². The zero-order valence-corrected chi connectivity index (χ0v) is 18.7. The number of hydrogen-bond acceptors (Lipinski definition) is 4. The Morgan fingerprint density at radius 1 is 1.16 bits per heavy atom. The van der Waals surface area contributed by atoms with E-state index in [0.717, 1.165) is 5.56 Å². The van der Waals surface area contributed by atoms with E-state index in [2.05, 4.69) is 10.6 Å². The highest BCUT2D eigenvalue weighted by molar-refractivity contribution is 6.00. The van der Waals surface area contributed by atoms with Crippen LogP contribution in [0.2, 0.25) is 0 Å². The predicted octanol–water partition coefficient (Wildman–Crippen LogP) is 1.78. The molecular weight excluding hydrogens is 394 g/mol. The number of carbonyl (C=O) groups excluding carboxylic acids is 3. The number of amides is 3. The maximum atomic E-state index is 13.5. The van der Waals surface area contributed by atoms with E-state index in [4.69, 9.17) is 4.74 Å². The Labute approximate surface area is 183 Å². The molecule has 166 valence electrons. The molecule has 3 heterocycles. The number of rotatable bonds is 5. The van der Waals surface area contributed by atoms with Gasteiger partial charge < -0.3 is 20.3 Å². The first-order chi connectivity index (χ1) is 14.5. The molecule has 2 N–H and O–H groups in total. The molecule has 0 saturated carbocycles. The molecule has 4 rings (SSSR count). The molecule has 0 aromatic heterocycles. The molecule has 3 aliphatic rings. The molecule has 1 spiro atoms. The number of hydrogen-bond donors (Lipinski definition) is 2. The zero-order chi connectivity index (χ0) is 22.6. The van der Waals surface area contributed by atoms with Gasteiger partial charge in [-0.05, 0) is 40.2 Å². The minimum Gasteiger partial charge on any atom is -0.359 e. The highest BCUT2D eigenvalue weighted by Gasteiger charge is 2.73. The largest absolute Gasteiger partial charge is 0.359 e. The summed E-state index contributed by atoms with van der Waals surface area (Å²) in [5.74, 6) is -2.05. The van der Waals surface area contributed by atoms with Crippen LogP contribution in [0.4, 0.5) is 0 Å². The first-order valence-electron chi connectivity index (χ1n) is 10.9. The van der Waals surface area contributed by atoms with Gasteiger partial charge in [0, 0.05) is 18.1 Å². The standard InChI is InChI=1S/C24H31N3O4/c1-14(2)27-19(21(29)26-23(3,4)5)24-12-11-16(31-24)17(18(24)22(27)30)20(28)25-13-15-9-7-6-8-10-15/h6-12,14,16-19H,13H2,1-5H3,(H,25,28)(H,26,29)/t16-,17+,18-,19-,24-/m1/s1. The Balaban J connectivity index is 1.62. The van der Waals surface area contributed by atoms with Gasteiger partial charge in [-0.2, -0.15) is 0 Å². The third-order valence-corrected chi connectivity index (χ3v) is 6.23. The smallest absolute Gasteiger partial charge is 0.246 e. The lowest BCUT2D eigenvalue weighted by Gasteiger charge is -2.36. The zero-order valence-electron chi connectivity index (χ0n) is 18.7. The van der Waals surface area contributed by atoms with Gasteiger partial charge in [0.2, 0.25) is 17.7 Å². The number of benzene rings is 1. The third-order valence-electron chi connectivity index (χ3n) is 6.23. The van der Waals surface area contributed by atoms with Crippen LogP contribution >= 0.6 is 0 Å². The van der Waals surface area contributed by atoms with Crippen LogP contribution in [-0.2, 0) is 25.7 Å². The first-order valence-corrected chi connectivity index (χ1v) is 10.9. The Kier molecular flexibility index (Phi) is 5.20. The number of fused-ring (bicyclic) bond motifs is 1. The normalized spacial score (nSPS) is 31.3. The van der Waals surface area contributed by atoms with Crippen molar-refractivity contribution in [1.29, 1.82) is 0 Å². The van der Waals surface area contributed by atoms with Crippen LogP contribution in [0, 0.1) is 11.8 Å². The van der Waals surface area contributed by atoms with Crippen molar-refractivity contribution in [3.63, 3.8) is 0 Å². The second-order valence-electron chi connectivity index (χ2n) is 9.98. The van der Waals surface area contributed by atoms with Gasteiger partial charge in [-0.15, -0.1) is 0 Å². The van der Waals surface area contributed by atoms with Crippen LogP contribution in [-0.4, -0.2) is 51.9 Å². The fourth-order valence-corrected chi connectivity index (χ4v) is 5.10. The summed E-state index contributed by atoms with van der Waals surface area (Å²) in [5, 5.41) is 5.96. The van der Waals surface area contributed by atoms with Crippen molar-refractivity contribution >= 4 is 17.7 Å². The highest BCUT2D eigenvalue weighted by Crippen LogP contribution is 2.55. The number of nitrogens with one attached hydrogen (secondary N) is 2. The van der Waals surface area contributed by atoms with Crippen LogP contribution < -0.4 is 10.6 Å². The van der Waals surface area contributed by atoms with E-state index >= 15 is 0 Å². The topological polar surface area (TPSA) is 87.7 Å². The fourth-order valence-electron chi connectivity index (χ4n) is 5.10. The van der Waals surface area contributed by atoms with Crippen molar-refractivity contribution in [2.24, 2.45) is 11.8 Å². The molecule has 2 saturated heterocycles. The minimum atomic E-state index is -1.11. The summed E-state index contributed by atoms with van der Waals surface area (Å²) in [6.07, 6.45) is 3.15. The maximum absolute atomic E-state index is 13.5. The first kappa shape index (κ1) is 21.6. The number of carbonyl (C=O) groups is 3. The lowest BCUT2D eigenvalue weighted by molar-refractivity contribution is -0.144. The van der Waals surface area contributed by atoms with E-state index in [0.29, 0.717) is 6.54 Å². The molecule has 7 heteroatoms. The molecule has 1 aromatic rings. The Bertz CT molecular complexity index is 921. The lowest BCUT2D eigenvalue weighted by Crippen LogP contribution is -2.59. The molecule has 2 fully saturated rings. The lowest BCUT2D eigenvalue weighted by atomic mass is 9.74. The van der Waals surface area contributed by atoms with Crippen LogP contribution in [0.25, 0.3) is 0 Å². The minimum absolute atomic E-state index is 0.198. The van der Waals surface area contributed by atoms with Crippen molar-refractivity contribution in [3.8, 4) is 0 Å². The summed E-state index contributed by atoms with van der Waals surface area (Å²) < 4.78 is 6.27. The fraction of sp³-hybridized carbons (Fsp3) is 0.542. The molecule has 31 heavy (non-hydrogen) atoms. The molecule has 3 aliphatic heterocycles. The van der Waals surface area contributed by atoms with E-state index in [-0.39, 0.29) is 23.8 Å². The van der Waals surface area contributed by atoms with Gasteiger partial charge in [0.15, 0.2) is 0 Å². The van der Waals surface area contributed by atoms with E-state index in [1.807, 2.05) is 77.1 Å². The average molecular weight is 426 g/mol. The van der Waals surface area contributed by atoms with Gasteiger partial charge in [-0.1, -0.05) is 42.5 Å². The molecule has 7 nitrogen and oxygen atoms in total. The van der Waals surface area contributed by atoms with Crippen molar-refractivity contribution in [2.75, 3.05) is 0 Å². The summed E-state index contributed by atoms with van der Waals surface area (Å²) in [7, 11) is 0. The Morgan fingerprint density at radius 3 is 2.45 bits per heavy atom. The van der Waals surface area contributed by atoms with Gasteiger partial charge in [-0.25, -0.2) is 0 Å². The van der Waals surface area contributed by atoms with Crippen molar-refractivity contribution in [1.82, 2.24) is 15.5 Å². The summed E-state index contributed by atoms with van der Waals surface area (Å²) in [5.41, 5.74) is -0.588. The second kappa shape index (κ2) is 7.48. The summed E-state index contributed by atoms with van der Waals surface area (Å²) >= 11 is 0. The molecular formula is C24H31N3O4. The van der Waals surface area contributed by atoms with Crippen LogP contribution in [0.1, 0.15) is 40.2 Å². The van der Waals surface area contributed by atoms with E-state index in [9.17, 15) is 14.4 Å². The molecule has 0 radical (unpaired) electrons. The molecule has 5 atom stereocenters. The molecule has 3 amide bonds. The van der Waals surface area contributed by atoms with Gasteiger partial charge in [0.25, 0.3) is 0 Å². The summed E-state index contributed by atoms with van der Waals surface area (Å²) in [4.78, 5) is 41.6. The third kappa shape index (κ3) is 3.55. The SMILES string of the molecule is CC(C)N1C(=O)[C@H]2[C@@H](C(=O)NCc3ccccc3)[C@H]3C=C[C@]2(O3)[C@H]1C(=O)NC(C)(C)C. The van der Waals surface area contributed by atoms with E-state index in [1.54, 1.807) is 4.90 Å². The average Bonchev–Trinajstić information content (AvgIpc) is 3.32. The second-order valence-corrected chi connectivity index (χ2v) is 9.98. The molecule has 1 aromatic carbocycles. The van der Waals surface area contributed by atoms with Gasteiger partial charge in [0.05, 0.1) is 17.9 Å². The van der Waals surface area contributed by atoms with Crippen molar-refractivity contribution < 1.29 is 19.1 Å².